The molecule has 7 nitrogen and oxygen atoms in total. The highest BCUT2D eigenvalue weighted by atomic mass is 19.4. The van der Waals surface area contributed by atoms with Crippen molar-refractivity contribution >= 4 is 17.5 Å². The Balaban J connectivity index is 1.87. The lowest BCUT2D eigenvalue weighted by atomic mass is 10.0. The van der Waals surface area contributed by atoms with Gasteiger partial charge in [-0.2, -0.15) is 18.3 Å². The number of carbonyl (C=O) groups is 1. The number of cyclic esters (lactones) is 1. The van der Waals surface area contributed by atoms with Crippen LogP contribution in [0.3, 0.4) is 0 Å². The lowest BCUT2D eigenvalue weighted by molar-refractivity contribution is -0.137. The molecule has 130 valence electrons. The summed E-state index contributed by atoms with van der Waals surface area (Å²) in [4.78, 5) is 18.8. The summed E-state index contributed by atoms with van der Waals surface area (Å²) in [5, 5.41) is 6.40. The highest BCUT2D eigenvalue weighted by molar-refractivity contribution is 6.04. The summed E-state index contributed by atoms with van der Waals surface area (Å²) in [6.07, 6.45) is -2.31. The first-order chi connectivity index (χ1) is 11.9. The van der Waals surface area contributed by atoms with Gasteiger partial charge in [0.15, 0.2) is 0 Å². The van der Waals surface area contributed by atoms with E-state index in [4.69, 9.17) is 4.74 Å². The number of nitrogens with zero attached hydrogens (tertiary/aromatic N) is 3. The van der Waals surface area contributed by atoms with Gasteiger partial charge in [0.2, 0.25) is 0 Å². The normalized spacial score (nSPS) is 14.4. The first kappa shape index (κ1) is 16.7. The minimum absolute atomic E-state index is 0.0450. The first-order valence-corrected chi connectivity index (χ1v) is 7.14. The summed E-state index contributed by atoms with van der Waals surface area (Å²) in [5.41, 5.74) is 1.50. The third kappa shape index (κ3) is 4.03. The maximum absolute atomic E-state index is 13.4. The Morgan fingerprint density at radius 1 is 1.24 bits per heavy atom. The zero-order valence-corrected chi connectivity index (χ0v) is 12.7. The molecule has 0 saturated carbocycles. The van der Waals surface area contributed by atoms with Gasteiger partial charge in [-0.15, -0.1) is 0 Å². The second-order valence-electron chi connectivity index (χ2n) is 5.02. The predicted octanol–water partition coefficient (Wildman–Crippen LogP) is 2.55. The molecule has 0 spiro atoms. The van der Waals surface area contributed by atoms with E-state index in [2.05, 4.69) is 25.8 Å². The molecule has 1 aromatic heterocycles. The van der Waals surface area contributed by atoms with Crippen molar-refractivity contribution in [1.29, 1.82) is 0 Å². The van der Waals surface area contributed by atoms with E-state index >= 15 is 0 Å². The molecule has 1 aromatic carbocycles. The van der Waals surface area contributed by atoms with E-state index in [0.717, 1.165) is 6.07 Å². The number of nitrogens with one attached hydrogen (secondary N) is 2. The highest BCUT2D eigenvalue weighted by Crippen LogP contribution is 2.35. The Labute approximate surface area is 139 Å². The molecule has 0 fully saturated rings. The first-order valence-electron chi connectivity index (χ1n) is 7.14. The van der Waals surface area contributed by atoms with Gasteiger partial charge < -0.3 is 10.1 Å². The zero-order valence-electron chi connectivity index (χ0n) is 12.7. The van der Waals surface area contributed by atoms with Crippen molar-refractivity contribution in [3.63, 3.8) is 0 Å². The molecule has 1 aliphatic heterocycles. The zero-order chi connectivity index (χ0) is 17.9. The summed E-state index contributed by atoms with van der Waals surface area (Å²) >= 11 is 0. The van der Waals surface area contributed by atoms with Crippen molar-refractivity contribution in [2.24, 2.45) is 5.10 Å². The topological polar surface area (TPSA) is 88.5 Å². The Hall–Kier alpha value is -3.17. The quantitative estimate of drug-likeness (QED) is 0.884. The van der Waals surface area contributed by atoms with Gasteiger partial charge in [0.05, 0.1) is 12.1 Å². The molecule has 0 radical (unpaired) electrons. The molecule has 1 amide bonds. The second kappa shape index (κ2) is 6.75. The number of hydrogen-bond acceptors (Lipinski definition) is 6. The third-order valence-electron chi connectivity index (χ3n) is 3.34. The summed E-state index contributed by atoms with van der Waals surface area (Å²) in [7, 11) is 0. The molecule has 25 heavy (non-hydrogen) atoms. The summed E-state index contributed by atoms with van der Waals surface area (Å²) < 4.78 is 44.8. The van der Waals surface area contributed by atoms with Crippen molar-refractivity contribution in [2.75, 3.05) is 11.9 Å². The fourth-order valence-corrected chi connectivity index (χ4v) is 2.17. The van der Waals surface area contributed by atoms with Gasteiger partial charge in [-0.3, -0.25) is 0 Å². The maximum Gasteiger partial charge on any atom is 0.428 e. The number of ether oxygens (including phenoxy) is 1. The molecule has 0 aliphatic carbocycles. The number of benzene rings is 1. The van der Waals surface area contributed by atoms with Crippen LogP contribution in [0.5, 0.6) is 0 Å². The van der Waals surface area contributed by atoms with Crippen LogP contribution in [-0.2, 0) is 17.5 Å². The summed E-state index contributed by atoms with van der Waals surface area (Å²) in [5.74, 6) is 0.368. The van der Waals surface area contributed by atoms with Crippen LogP contribution in [0.15, 0.2) is 41.8 Å². The number of alkyl halides is 3. The lowest BCUT2D eigenvalue weighted by Gasteiger charge is -2.18. The molecule has 2 aromatic rings. The number of carbonyl (C=O) groups excluding carboxylic acids is 1. The molecule has 0 unspecified atom stereocenters. The molecule has 0 bridgehead atoms. The van der Waals surface area contributed by atoms with Gasteiger partial charge in [-0.1, -0.05) is 6.07 Å². The Morgan fingerprint density at radius 2 is 2.00 bits per heavy atom. The van der Waals surface area contributed by atoms with Crippen LogP contribution in [0.4, 0.5) is 23.7 Å². The van der Waals surface area contributed by atoms with Gasteiger partial charge in [-0.05, 0) is 18.2 Å². The van der Waals surface area contributed by atoms with Gasteiger partial charge in [-0.25, -0.2) is 20.2 Å². The maximum atomic E-state index is 13.4. The van der Waals surface area contributed by atoms with Gasteiger partial charge >= 0.3 is 12.3 Å². The Kier molecular flexibility index (Phi) is 4.50. The molecular weight excluding hydrogens is 339 g/mol. The number of halogens is 3. The fraction of sp³-hybridized carbons (Fsp3) is 0.200. The standard InChI is InChI=1S/C15H12F3N5O2/c16-15(17,18)10-6-9(12-8-25-14(24)23-22-12)2-3-11(10)21-7-13-19-4-1-5-20-13/h1-6,21H,7-8H2,(H,23,24). The number of amides is 1. The molecular formula is C15H12F3N5O2. The number of aromatic nitrogens is 2. The number of hydrazone groups is 1. The van der Waals surface area contributed by atoms with Crippen molar-refractivity contribution in [3.8, 4) is 0 Å². The van der Waals surface area contributed by atoms with Crippen molar-refractivity contribution < 1.29 is 22.7 Å². The molecule has 2 heterocycles. The average Bonchev–Trinajstić information content (AvgIpc) is 2.61. The third-order valence-corrected chi connectivity index (χ3v) is 3.34. The SMILES string of the molecule is O=C1NN=C(c2ccc(NCc3ncccn3)c(C(F)(F)F)c2)CO1. The van der Waals surface area contributed by atoms with Crippen LogP contribution in [0, 0.1) is 0 Å². The second-order valence-corrected chi connectivity index (χ2v) is 5.02. The Morgan fingerprint density at radius 3 is 2.64 bits per heavy atom. The molecule has 1 aliphatic rings. The van der Waals surface area contributed by atoms with E-state index in [0.29, 0.717) is 5.82 Å². The highest BCUT2D eigenvalue weighted by Gasteiger charge is 2.34. The van der Waals surface area contributed by atoms with E-state index in [-0.39, 0.29) is 30.1 Å². The molecule has 2 N–H and O–H groups in total. The number of rotatable bonds is 4. The van der Waals surface area contributed by atoms with Gasteiger partial charge in [0, 0.05) is 23.6 Å². The van der Waals surface area contributed by atoms with Crippen molar-refractivity contribution in [2.45, 2.75) is 12.7 Å². The Bertz CT molecular complexity index is 809. The van der Waals surface area contributed by atoms with Gasteiger partial charge in [0.25, 0.3) is 0 Å². The summed E-state index contributed by atoms with van der Waals surface area (Å²) in [6, 6.07) is 5.32. The summed E-state index contributed by atoms with van der Waals surface area (Å²) in [6.45, 7) is -0.156. The molecule has 3 rings (SSSR count). The molecule has 10 heteroatoms. The smallest absolute Gasteiger partial charge is 0.428 e. The van der Waals surface area contributed by atoms with Crippen molar-refractivity contribution in [3.05, 3.63) is 53.6 Å². The fourth-order valence-electron chi connectivity index (χ4n) is 2.17. The van der Waals surface area contributed by atoms with E-state index in [1.54, 1.807) is 6.07 Å². The number of anilines is 1. The minimum atomic E-state index is -4.57. The van der Waals surface area contributed by atoms with E-state index < -0.39 is 17.8 Å². The van der Waals surface area contributed by atoms with E-state index in [9.17, 15) is 18.0 Å². The van der Waals surface area contributed by atoms with Crippen LogP contribution >= 0.6 is 0 Å². The van der Waals surface area contributed by atoms with Crippen LogP contribution < -0.4 is 10.7 Å². The van der Waals surface area contributed by atoms with E-state index in [1.807, 2.05) is 0 Å². The molecule has 0 atom stereocenters. The monoisotopic (exact) mass is 351 g/mol. The van der Waals surface area contributed by atoms with Crippen molar-refractivity contribution in [1.82, 2.24) is 15.4 Å². The van der Waals surface area contributed by atoms with Crippen LogP contribution in [-0.4, -0.2) is 28.4 Å². The van der Waals surface area contributed by atoms with Crippen LogP contribution in [0.1, 0.15) is 17.0 Å². The van der Waals surface area contributed by atoms with Crippen LogP contribution in [0.2, 0.25) is 0 Å². The predicted molar refractivity (Wildman–Crippen MR) is 81.8 cm³/mol. The molecule has 0 saturated heterocycles. The number of hydrogen-bond donors (Lipinski definition) is 2. The lowest BCUT2D eigenvalue weighted by Crippen LogP contribution is -2.30. The average molecular weight is 351 g/mol. The van der Waals surface area contributed by atoms with E-state index in [1.165, 1.54) is 24.5 Å². The van der Waals surface area contributed by atoms with Gasteiger partial charge in [0.1, 0.15) is 18.1 Å². The van der Waals surface area contributed by atoms with Crippen LogP contribution in [0.25, 0.3) is 0 Å². The largest absolute Gasteiger partial charge is 0.442 e. The minimum Gasteiger partial charge on any atom is -0.442 e.